The van der Waals surface area contributed by atoms with Crippen LogP contribution in [0.15, 0.2) is 6.07 Å². The number of aromatic nitrogens is 1. The molecular weight excluding hydrogens is 162 g/mol. The van der Waals surface area contributed by atoms with Gasteiger partial charge in [-0.05, 0) is 37.8 Å². The Morgan fingerprint density at radius 3 is 2.85 bits per heavy atom. The lowest BCUT2D eigenvalue weighted by atomic mass is 9.93. The fourth-order valence-electron chi connectivity index (χ4n) is 1.75. The minimum atomic E-state index is 0.212. The first-order valence-corrected chi connectivity index (χ1v) is 4.69. The first kappa shape index (κ1) is 8.42. The number of Topliss-reactive ketones (excluding diaryl/α,β-unsaturated/α-hetero) is 1. The second-order valence-electron chi connectivity index (χ2n) is 3.68. The van der Waals surface area contributed by atoms with E-state index in [1.165, 1.54) is 5.56 Å². The second-order valence-corrected chi connectivity index (χ2v) is 3.68. The van der Waals surface area contributed by atoms with Crippen molar-refractivity contribution in [2.24, 2.45) is 0 Å². The van der Waals surface area contributed by atoms with Crippen molar-refractivity contribution in [2.75, 3.05) is 0 Å². The highest BCUT2D eigenvalue weighted by Gasteiger charge is 2.18. The minimum absolute atomic E-state index is 0.212. The van der Waals surface area contributed by atoms with Crippen LogP contribution in [0.4, 0.5) is 0 Å². The quantitative estimate of drug-likeness (QED) is 0.605. The maximum Gasteiger partial charge on any atom is 0.181 e. The molecule has 0 saturated carbocycles. The van der Waals surface area contributed by atoms with E-state index in [2.05, 4.69) is 11.1 Å². The summed E-state index contributed by atoms with van der Waals surface area (Å²) in [6, 6.07) is 2.11. The molecule has 0 unspecified atom stereocenters. The normalized spacial score (nSPS) is 15.7. The molecule has 1 aromatic heterocycles. The topological polar surface area (TPSA) is 30.0 Å². The number of nitrogens with zero attached hydrogens (tertiary/aromatic N) is 1. The van der Waals surface area contributed by atoms with E-state index in [-0.39, 0.29) is 5.78 Å². The molecule has 2 heteroatoms. The van der Waals surface area contributed by atoms with E-state index in [1.807, 2.05) is 13.8 Å². The van der Waals surface area contributed by atoms with Gasteiger partial charge in [-0.2, -0.15) is 0 Å². The molecule has 0 amide bonds. The number of ketones is 1. The lowest BCUT2D eigenvalue weighted by Crippen LogP contribution is -2.14. The van der Waals surface area contributed by atoms with Gasteiger partial charge in [-0.15, -0.1) is 0 Å². The van der Waals surface area contributed by atoms with Crippen LogP contribution in [0.3, 0.4) is 0 Å². The standard InChI is InChI=1S/C11H13NO/c1-7-6-9-4-3-5-10(13)11(9)12-8(7)2/h6H,3-5H2,1-2H3. The Morgan fingerprint density at radius 1 is 1.31 bits per heavy atom. The van der Waals surface area contributed by atoms with Crippen LogP contribution >= 0.6 is 0 Å². The molecule has 0 bridgehead atoms. The summed E-state index contributed by atoms with van der Waals surface area (Å²) in [5, 5.41) is 0. The number of pyridine rings is 1. The van der Waals surface area contributed by atoms with Gasteiger partial charge in [0.05, 0.1) is 0 Å². The van der Waals surface area contributed by atoms with Crippen LogP contribution in [0.5, 0.6) is 0 Å². The Labute approximate surface area is 78.0 Å². The Kier molecular flexibility index (Phi) is 1.91. The van der Waals surface area contributed by atoms with Crippen LogP contribution in [0.2, 0.25) is 0 Å². The van der Waals surface area contributed by atoms with Gasteiger partial charge in [-0.1, -0.05) is 6.07 Å². The molecule has 13 heavy (non-hydrogen) atoms. The third-order valence-corrected chi connectivity index (χ3v) is 2.66. The highest BCUT2D eigenvalue weighted by atomic mass is 16.1. The van der Waals surface area contributed by atoms with E-state index < -0.39 is 0 Å². The molecule has 1 aliphatic carbocycles. The Bertz CT molecular complexity index is 369. The van der Waals surface area contributed by atoms with Crippen molar-refractivity contribution in [3.05, 3.63) is 28.6 Å². The number of carbonyl (C=O) groups is 1. The average Bonchev–Trinajstić information content (AvgIpc) is 2.09. The third-order valence-electron chi connectivity index (χ3n) is 2.66. The monoisotopic (exact) mass is 175 g/mol. The molecule has 2 nitrogen and oxygen atoms in total. The predicted octanol–water partition coefficient (Wildman–Crippen LogP) is 2.22. The number of fused-ring (bicyclic) bond motifs is 1. The van der Waals surface area contributed by atoms with Gasteiger partial charge in [-0.25, -0.2) is 4.98 Å². The maximum absolute atomic E-state index is 11.5. The van der Waals surface area contributed by atoms with Gasteiger partial charge in [0.15, 0.2) is 5.78 Å². The van der Waals surface area contributed by atoms with E-state index in [0.717, 1.165) is 24.1 Å². The predicted molar refractivity (Wildman–Crippen MR) is 51.0 cm³/mol. The van der Waals surface area contributed by atoms with Crippen molar-refractivity contribution < 1.29 is 4.79 Å². The smallest absolute Gasteiger partial charge is 0.181 e. The first-order chi connectivity index (χ1) is 6.18. The molecule has 1 heterocycles. The van der Waals surface area contributed by atoms with Crippen LogP contribution in [-0.4, -0.2) is 10.8 Å². The SMILES string of the molecule is Cc1cc2c(nc1C)C(=O)CCC2. The molecule has 0 atom stereocenters. The van der Waals surface area contributed by atoms with Gasteiger partial charge in [-0.3, -0.25) is 4.79 Å². The molecular formula is C11H13NO. The van der Waals surface area contributed by atoms with Gasteiger partial charge in [0, 0.05) is 12.1 Å². The molecule has 0 saturated heterocycles. The molecule has 0 aliphatic heterocycles. The first-order valence-electron chi connectivity index (χ1n) is 4.69. The Morgan fingerprint density at radius 2 is 2.08 bits per heavy atom. The van der Waals surface area contributed by atoms with E-state index in [1.54, 1.807) is 0 Å². The largest absolute Gasteiger partial charge is 0.292 e. The van der Waals surface area contributed by atoms with Gasteiger partial charge < -0.3 is 0 Å². The average molecular weight is 175 g/mol. The number of hydrogen-bond acceptors (Lipinski definition) is 2. The van der Waals surface area contributed by atoms with Gasteiger partial charge >= 0.3 is 0 Å². The van der Waals surface area contributed by atoms with E-state index >= 15 is 0 Å². The van der Waals surface area contributed by atoms with Crippen molar-refractivity contribution in [3.8, 4) is 0 Å². The van der Waals surface area contributed by atoms with Gasteiger partial charge in [0.1, 0.15) is 5.69 Å². The maximum atomic E-state index is 11.5. The van der Waals surface area contributed by atoms with E-state index in [9.17, 15) is 4.79 Å². The highest BCUT2D eigenvalue weighted by molar-refractivity contribution is 5.96. The van der Waals surface area contributed by atoms with Crippen molar-refractivity contribution in [3.63, 3.8) is 0 Å². The minimum Gasteiger partial charge on any atom is -0.292 e. The van der Waals surface area contributed by atoms with Crippen LogP contribution in [0.25, 0.3) is 0 Å². The summed E-state index contributed by atoms with van der Waals surface area (Å²) in [6.07, 6.45) is 2.66. The lowest BCUT2D eigenvalue weighted by molar-refractivity contribution is 0.0967. The van der Waals surface area contributed by atoms with Crippen LogP contribution in [0, 0.1) is 13.8 Å². The number of carbonyl (C=O) groups excluding carboxylic acids is 1. The summed E-state index contributed by atoms with van der Waals surface area (Å²) in [5.41, 5.74) is 4.02. The van der Waals surface area contributed by atoms with E-state index in [0.29, 0.717) is 12.1 Å². The fourth-order valence-corrected chi connectivity index (χ4v) is 1.75. The lowest BCUT2D eigenvalue weighted by Gasteiger charge is -2.15. The molecule has 1 aromatic rings. The molecule has 0 aromatic carbocycles. The number of hydrogen-bond donors (Lipinski definition) is 0. The summed E-state index contributed by atoms with van der Waals surface area (Å²) in [5.74, 6) is 0.212. The fraction of sp³-hybridized carbons (Fsp3) is 0.455. The summed E-state index contributed by atoms with van der Waals surface area (Å²) >= 11 is 0. The second kappa shape index (κ2) is 2.95. The van der Waals surface area contributed by atoms with Crippen molar-refractivity contribution in [2.45, 2.75) is 33.1 Å². The van der Waals surface area contributed by atoms with Crippen LogP contribution in [0.1, 0.15) is 40.2 Å². The molecule has 1 aliphatic rings. The molecule has 0 spiro atoms. The number of rotatable bonds is 0. The van der Waals surface area contributed by atoms with Crippen LogP contribution < -0.4 is 0 Å². The highest BCUT2D eigenvalue weighted by Crippen LogP contribution is 2.21. The molecule has 0 N–H and O–H groups in total. The zero-order valence-electron chi connectivity index (χ0n) is 8.05. The van der Waals surface area contributed by atoms with Gasteiger partial charge in [0.25, 0.3) is 0 Å². The molecule has 68 valence electrons. The van der Waals surface area contributed by atoms with Crippen molar-refractivity contribution in [1.82, 2.24) is 4.98 Å². The Balaban J connectivity index is 2.58. The third kappa shape index (κ3) is 1.37. The van der Waals surface area contributed by atoms with Gasteiger partial charge in [0.2, 0.25) is 0 Å². The molecule has 0 radical (unpaired) electrons. The zero-order chi connectivity index (χ0) is 9.42. The Hall–Kier alpha value is -1.18. The summed E-state index contributed by atoms with van der Waals surface area (Å²) in [7, 11) is 0. The van der Waals surface area contributed by atoms with Crippen molar-refractivity contribution in [1.29, 1.82) is 0 Å². The van der Waals surface area contributed by atoms with Crippen LogP contribution in [-0.2, 0) is 6.42 Å². The summed E-state index contributed by atoms with van der Waals surface area (Å²) in [6.45, 7) is 4.00. The van der Waals surface area contributed by atoms with E-state index in [4.69, 9.17) is 0 Å². The summed E-state index contributed by atoms with van der Waals surface area (Å²) in [4.78, 5) is 15.8. The summed E-state index contributed by atoms with van der Waals surface area (Å²) < 4.78 is 0. The zero-order valence-corrected chi connectivity index (χ0v) is 8.05. The molecule has 0 fully saturated rings. The number of aryl methyl sites for hydroxylation is 3. The molecule has 2 rings (SSSR count). The van der Waals surface area contributed by atoms with Crippen molar-refractivity contribution >= 4 is 5.78 Å².